The molecule has 1 amide bonds. The zero-order valence-electron chi connectivity index (χ0n) is 25.2. The molecule has 0 aromatic rings. The minimum absolute atomic E-state index is 0.118. The molecule has 0 bridgehead atoms. The third-order valence-electron chi connectivity index (χ3n) is 8.28. The van der Waals surface area contributed by atoms with Crippen molar-refractivity contribution >= 4 is 6.09 Å². The van der Waals surface area contributed by atoms with Crippen molar-refractivity contribution in [3.8, 4) is 0 Å². The van der Waals surface area contributed by atoms with Gasteiger partial charge in [-0.15, -0.1) is 0 Å². The molecular weight excluding hydrogens is 432 g/mol. The van der Waals surface area contributed by atoms with Gasteiger partial charge in [0.1, 0.15) is 0 Å². The third kappa shape index (κ3) is 12.8. The molecule has 0 radical (unpaired) electrons. The highest BCUT2D eigenvalue weighted by molar-refractivity contribution is 5.68. The van der Waals surface area contributed by atoms with Crippen molar-refractivity contribution in [3.63, 3.8) is 0 Å². The van der Waals surface area contributed by atoms with Crippen LogP contribution >= 0.6 is 0 Å². The molecule has 0 spiro atoms. The molecule has 208 valence electrons. The van der Waals surface area contributed by atoms with Crippen molar-refractivity contribution in [1.29, 1.82) is 0 Å². The second-order valence-corrected chi connectivity index (χ2v) is 12.9. The standard InChI is InChI=1S/C13H25NO2.C9H19N.C9H18/c1-10(2)9-16-13(15)14-8-6-5-7-12(14)11(3)4;1-8(2)9-6-4-5-7-10(9)3;1-8(2)9-6-4-3-5-7-9/h10-12H,5-9H2,1-4H3;8-9H,4-7H2,1-3H3;8-9H,3-7H2,1-2H3. The van der Waals surface area contributed by atoms with Gasteiger partial charge in [0.05, 0.1) is 6.61 Å². The Balaban J connectivity index is 0.000000278. The van der Waals surface area contributed by atoms with Gasteiger partial charge in [-0.2, -0.15) is 0 Å². The number of rotatable bonds is 5. The average Bonchev–Trinajstić information content (AvgIpc) is 2.84. The van der Waals surface area contributed by atoms with Gasteiger partial charge in [0.15, 0.2) is 0 Å². The van der Waals surface area contributed by atoms with Crippen LogP contribution in [0.15, 0.2) is 0 Å². The molecule has 2 aliphatic heterocycles. The molecule has 3 rings (SSSR count). The second kappa shape index (κ2) is 17.6. The van der Waals surface area contributed by atoms with Gasteiger partial charge in [-0.1, -0.05) is 93.9 Å². The molecule has 35 heavy (non-hydrogen) atoms. The van der Waals surface area contributed by atoms with Crippen molar-refractivity contribution in [2.75, 3.05) is 26.7 Å². The highest BCUT2D eigenvalue weighted by atomic mass is 16.6. The Morgan fingerprint density at radius 1 is 0.686 bits per heavy atom. The van der Waals surface area contributed by atoms with Crippen LogP contribution in [0.1, 0.15) is 126 Å². The first-order chi connectivity index (χ1) is 16.5. The molecule has 2 atom stereocenters. The van der Waals surface area contributed by atoms with Crippen LogP contribution in [-0.4, -0.2) is 54.7 Å². The zero-order chi connectivity index (χ0) is 26.4. The first-order valence-electron chi connectivity index (χ1n) is 15.2. The highest BCUT2D eigenvalue weighted by Crippen LogP contribution is 2.29. The molecule has 2 saturated heterocycles. The predicted octanol–water partition coefficient (Wildman–Crippen LogP) is 8.64. The summed E-state index contributed by atoms with van der Waals surface area (Å²) < 4.78 is 5.31. The van der Waals surface area contributed by atoms with Gasteiger partial charge in [0.2, 0.25) is 0 Å². The minimum atomic E-state index is -0.118. The second-order valence-electron chi connectivity index (χ2n) is 12.9. The van der Waals surface area contributed by atoms with E-state index < -0.39 is 0 Å². The fraction of sp³-hybridized carbons (Fsp3) is 0.968. The topological polar surface area (TPSA) is 32.8 Å². The zero-order valence-corrected chi connectivity index (χ0v) is 25.2. The van der Waals surface area contributed by atoms with Crippen LogP contribution in [0.25, 0.3) is 0 Å². The Kier molecular flexibility index (Phi) is 16.3. The fourth-order valence-electron chi connectivity index (χ4n) is 5.94. The fourth-order valence-corrected chi connectivity index (χ4v) is 5.94. The molecule has 4 heteroatoms. The van der Waals surface area contributed by atoms with Crippen LogP contribution in [0, 0.1) is 29.6 Å². The Labute approximate surface area is 219 Å². The van der Waals surface area contributed by atoms with Gasteiger partial charge in [-0.05, 0) is 75.3 Å². The summed E-state index contributed by atoms with van der Waals surface area (Å²) in [6.07, 6.45) is 15.1. The van der Waals surface area contributed by atoms with Crippen molar-refractivity contribution in [2.45, 2.75) is 138 Å². The summed E-state index contributed by atoms with van der Waals surface area (Å²) in [7, 11) is 2.25. The molecule has 1 saturated carbocycles. The lowest BCUT2D eigenvalue weighted by Gasteiger charge is -2.37. The van der Waals surface area contributed by atoms with Gasteiger partial charge in [0, 0.05) is 18.6 Å². The maximum atomic E-state index is 11.9. The Bertz CT molecular complexity index is 540. The van der Waals surface area contributed by atoms with Gasteiger partial charge in [-0.3, -0.25) is 0 Å². The van der Waals surface area contributed by atoms with Crippen LogP contribution in [0.4, 0.5) is 4.79 Å². The number of carbonyl (C=O) groups is 1. The van der Waals surface area contributed by atoms with E-state index in [1.165, 1.54) is 64.3 Å². The average molecular weight is 495 g/mol. The maximum Gasteiger partial charge on any atom is 0.410 e. The van der Waals surface area contributed by atoms with E-state index in [4.69, 9.17) is 4.74 Å². The number of hydrogen-bond acceptors (Lipinski definition) is 3. The molecule has 4 nitrogen and oxygen atoms in total. The summed E-state index contributed by atoms with van der Waals surface area (Å²) in [6.45, 7) is 20.5. The van der Waals surface area contributed by atoms with Crippen LogP contribution in [-0.2, 0) is 4.74 Å². The van der Waals surface area contributed by atoms with Crippen molar-refractivity contribution < 1.29 is 9.53 Å². The van der Waals surface area contributed by atoms with Gasteiger partial charge in [-0.25, -0.2) is 4.79 Å². The van der Waals surface area contributed by atoms with Crippen LogP contribution in [0.5, 0.6) is 0 Å². The highest BCUT2D eigenvalue weighted by Gasteiger charge is 2.29. The first kappa shape index (κ1) is 32.3. The van der Waals surface area contributed by atoms with E-state index in [0.717, 1.165) is 43.2 Å². The molecule has 0 N–H and O–H groups in total. The smallest absolute Gasteiger partial charge is 0.410 e. The van der Waals surface area contributed by atoms with Crippen LogP contribution < -0.4 is 0 Å². The van der Waals surface area contributed by atoms with E-state index in [0.29, 0.717) is 24.5 Å². The summed E-state index contributed by atoms with van der Waals surface area (Å²) >= 11 is 0. The van der Waals surface area contributed by atoms with Gasteiger partial charge < -0.3 is 14.5 Å². The Hall–Kier alpha value is -0.770. The molecule has 2 unspecified atom stereocenters. The first-order valence-corrected chi connectivity index (χ1v) is 15.2. The van der Waals surface area contributed by atoms with Crippen molar-refractivity contribution in [2.24, 2.45) is 29.6 Å². The SMILES string of the molecule is CC(C)C1CCCCC1.CC(C)C1CCCCN1C.CC(C)COC(=O)N1CCCCC1C(C)C. The summed E-state index contributed by atoms with van der Waals surface area (Å²) in [5, 5.41) is 0. The van der Waals surface area contributed by atoms with Gasteiger partial charge in [0.25, 0.3) is 0 Å². The lowest BCUT2D eigenvalue weighted by Crippen LogP contribution is -2.46. The number of hydrogen-bond donors (Lipinski definition) is 0. The summed E-state index contributed by atoms with van der Waals surface area (Å²) in [6, 6.07) is 1.22. The lowest BCUT2D eigenvalue weighted by molar-refractivity contribution is 0.0541. The predicted molar refractivity (Wildman–Crippen MR) is 152 cm³/mol. The summed E-state index contributed by atoms with van der Waals surface area (Å²) in [5.41, 5.74) is 0. The van der Waals surface area contributed by atoms with E-state index >= 15 is 0 Å². The molecular formula is C31H62N2O2. The quantitative estimate of drug-likeness (QED) is 0.383. The van der Waals surface area contributed by atoms with Crippen LogP contribution in [0.3, 0.4) is 0 Å². The van der Waals surface area contributed by atoms with E-state index in [2.05, 4.69) is 67.3 Å². The number of ether oxygens (including phenoxy) is 1. The lowest BCUT2D eigenvalue weighted by atomic mass is 9.82. The normalized spacial score (nSPS) is 24.2. The number of nitrogens with zero attached hydrogens (tertiary/aromatic N) is 2. The minimum Gasteiger partial charge on any atom is -0.449 e. The molecule has 0 aromatic heterocycles. The number of amides is 1. The molecule has 3 aliphatic rings. The maximum absolute atomic E-state index is 11.9. The molecule has 0 aromatic carbocycles. The largest absolute Gasteiger partial charge is 0.449 e. The molecule has 3 fully saturated rings. The van der Waals surface area contributed by atoms with Gasteiger partial charge >= 0.3 is 6.09 Å². The third-order valence-corrected chi connectivity index (χ3v) is 8.28. The van der Waals surface area contributed by atoms with Crippen molar-refractivity contribution in [1.82, 2.24) is 9.80 Å². The van der Waals surface area contributed by atoms with E-state index in [1.807, 2.05) is 4.90 Å². The number of piperidine rings is 2. The van der Waals surface area contributed by atoms with Crippen LogP contribution in [0.2, 0.25) is 0 Å². The summed E-state index contributed by atoms with van der Waals surface area (Å²) in [4.78, 5) is 16.4. The monoisotopic (exact) mass is 494 g/mol. The van der Waals surface area contributed by atoms with Crippen molar-refractivity contribution in [3.05, 3.63) is 0 Å². The molecule has 2 heterocycles. The van der Waals surface area contributed by atoms with E-state index in [1.54, 1.807) is 0 Å². The van der Waals surface area contributed by atoms with E-state index in [9.17, 15) is 4.79 Å². The molecule has 1 aliphatic carbocycles. The Morgan fingerprint density at radius 2 is 1.20 bits per heavy atom. The summed E-state index contributed by atoms with van der Waals surface area (Å²) in [5.74, 6) is 3.76. The number of carbonyl (C=O) groups excluding carboxylic acids is 1. The van der Waals surface area contributed by atoms with E-state index in [-0.39, 0.29) is 6.09 Å². The Morgan fingerprint density at radius 3 is 1.63 bits per heavy atom. The number of likely N-dealkylation sites (tertiary alicyclic amines) is 2.